The van der Waals surface area contributed by atoms with Crippen LogP contribution in [0, 0.1) is 0 Å². The van der Waals surface area contributed by atoms with E-state index in [2.05, 4.69) is 17.1 Å². The lowest BCUT2D eigenvalue weighted by Crippen LogP contribution is -2.40. The highest BCUT2D eigenvalue weighted by Gasteiger charge is 2.30. The molecule has 146 valence electrons. The highest BCUT2D eigenvalue weighted by atomic mass is 16.5. The molecule has 0 radical (unpaired) electrons. The Hall–Kier alpha value is -2.15. The molecule has 1 aromatic rings. The monoisotopic (exact) mass is 366 g/mol. The number of nitrogens with zero attached hydrogens (tertiary/aromatic N) is 1. The number of rotatable bonds is 8. The second-order valence-electron chi connectivity index (χ2n) is 6.29. The van der Waals surface area contributed by atoms with E-state index in [0.29, 0.717) is 30.3 Å². The molecular weight excluding hydrogens is 336 g/mol. The van der Waals surface area contributed by atoms with Crippen molar-refractivity contribution in [2.75, 3.05) is 41.0 Å². The Morgan fingerprint density at radius 1 is 1.15 bits per heavy atom. The number of aromatic hydroxyl groups is 1. The van der Waals surface area contributed by atoms with Gasteiger partial charge < -0.3 is 24.6 Å². The van der Waals surface area contributed by atoms with E-state index in [-0.39, 0.29) is 28.7 Å². The van der Waals surface area contributed by atoms with Crippen LogP contribution in [0.3, 0.4) is 0 Å². The van der Waals surface area contributed by atoms with E-state index in [1.54, 1.807) is 0 Å². The molecule has 1 aromatic carbocycles. The van der Waals surface area contributed by atoms with Crippen LogP contribution in [0.5, 0.6) is 23.0 Å². The van der Waals surface area contributed by atoms with Crippen LogP contribution in [-0.2, 0) is 6.42 Å². The van der Waals surface area contributed by atoms with E-state index in [1.165, 1.54) is 21.3 Å². The van der Waals surface area contributed by atoms with Gasteiger partial charge in [0.2, 0.25) is 5.75 Å². The minimum absolute atomic E-state index is 0.0619. The van der Waals surface area contributed by atoms with E-state index in [1.807, 2.05) is 6.92 Å². The molecule has 1 heterocycles. The molecule has 0 bridgehead atoms. The zero-order valence-corrected chi connectivity index (χ0v) is 16.3. The highest BCUT2D eigenvalue weighted by molar-refractivity contribution is 6.02. The molecule has 0 aromatic heterocycles. The third-order valence-electron chi connectivity index (χ3n) is 5.03. The number of nitrogens with one attached hydrogen (secondary N) is 1. The Kier molecular flexibility index (Phi) is 6.97. The zero-order chi connectivity index (χ0) is 19.3. The second kappa shape index (κ2) is 8.98. The number of carbonyl (C=O) groups excluding carboxylic acids is 1. The van der Waals surface area contributed by atoms with Gasteiger partial charge in [-0.25, -0.2) is 0 Å². The minimum Gasteiger partial charge on any atom is -0.504 e. The lowest BCUT2D eigenvalue weighted by Gasteiger charge is -2.24. The van der Waals surface area contributed by atoms with Gasteiger partial charge in [0.1, 0.15) is 11.3 Å². The first-order chi connectivity index (χ1) is 12.5. The van der Waals surface area contributed by atoms with E-state index in [4.69, 9.17) is 14.2 Å². The lowest BCUT2D eigenvalue weighted by atomic mass is 10.0. The van der Waals surface area contributed by atoms with Gasteiger partial charge in [0.15, 0.2) is 11.5 Å². The number of benzene rings is 1. The van der Waals surface area contributed by atoms with Crippen molar-refractivity contribution in [3.63, 3.8) is 0 Å². The summed E-state index contributed by atoms with van der Waals surface area (Å²) >= 11 is 0. The van der Waals surface area contributed by atoms with Gasteiger partial charge in [-0.2, -0.15) is 0 Å². The SMILES string of the molecule is CCc1c(O)c(OC)c(OC)c(C(=O)NCC2CCCN2CC)c1OC. The molecule has 2 rings (SSSR count). The quantitative estimate of drug-likeness (QED) is 0.734. The van der Waals surface area contributed by atoms with Gasteiger partial charge in [-0.1, -0.05) is 13.8 Å². The van der Waals surface area contributed by atoms with Crippen LogP contribution in [0.2, 0.25) is 0 Å². The number of methoxy groups -OCH3 is 3. The predicted octanol–water partition coefficient (Wildman–Crippen LogP) is 2.19. The molecule has 1 fully saturated rings. The number of phenols is 1. The normalized spacial score (nSPS) is 17.2. The van der Waals surface area contributed by atoms with Crippen LogP contribution in [0.25, 0.3) is 0 Å². The number of likely N-dealkylation sites (tertiary alicyclic amines) is 1. The summed E-state index contributed by atoms with van der Waals surface area (Å²) in [4.78, 5) is 15.3. The van der Waals surface area contributed by atoms with Crippen molar-refractivity contribution in [1.29, 1.82) is 0 Å². The molecule has 1 aliphatic rings. The number of hydrogen-bond donors (Lipinski definition) is 2. The van der Waals surface area contributed by atoms with Crippen molar-refractivity contribution >= 4 is 5.91 Å². The summed E-state index contributed by atoms with van der Waals surface area (Å²) in [6.45, 7) is 6.61. The minimum atomic E-state index is -0.297. The molecule has 1 aliphatic heterocycles. The number of likely N-dealkylation sites (N-methyl/N-ethyl adjacent to an activating group) is 1. The molecule has 0 aliphatic carbocycles. The van der Waals surface area contributed by atoms with Gasteiger partial charge >= 0.3 is 0 Å². The molecule has 2 N–H and O–H groups in total. The number of phenolic OH excluding ortho intramolecular Hbond substituents is 1. The van der Waals surface area contributed by atoms with Crippen molar-refractivity contribution in [1.82, 2.24) is 10.2 Å². The summed E-state index contributed by atoms with van der Waals surface area (Å²) in [5.41, 5.74) is 0.772. The molecule has 1 unspecified atom stereocenters. The van der Waals surface area contributed by atoms with Crippen LogP contribution in [0.1, 0.15) is 42.6 Å². The lowest BCUT2D eigenvalue weighted by molar-refractivity contribution is 0.0934. The molecule has 1 amide bonds. The summed E-state index contributed by atoms with van der Waals surface area (Å²) in [6.07, 6.45) is 2.71. The Morgan fingerprint density at radius 2 is 1.81 bits per heavy atom. The Labute approximate surface area is 155 Å². The van der Waals surface area contributed by atoms with E-state index < -0.39 is 0 Å². The van der Waals surface area contributed by atoms with Crippen molar-refractivity contribution in [2.45, 2.75) is 39.2 Å². The summed E-state index contributed by atoms with van der Waals surface area (Å²) in [5.74, 6) is 0.281. The van der Waals surface area contributed by atoms with Crippen LogP contribution >= 0.6 is 0 Å². The van der Waals surface area contributed by atoms with Crippen LogP contribution in [0.4, 0.5) is 0 Å². The largest absolute Gasteiger partial charge is 0.504 e. The summed E-state index contributed by atoms with van der Waals surface area (Å²) in [7, 11) is 4.35. The molecule has 7 heteroatoms. The van der Waals surface area contributed by atoms with Crippen molar-refractivity contribution in [3.05, 3.63) is 11.1 Å². The first-order valence-corrected chi connectivity index (χ1v) is 9.09. The average Bonchev–Trinajstić information content (AvgIpc) is 3.12. The smallest absolute Gasteiger partial charge is 0.259 e. The zero-order valence-electron chi connectivity index (χ0n) is 16.3. The van der Waals surface area contributed by atoms with Crippen LogP contribution in [-0.4, -0.2) is 62.9 Å². The molecule has 1 saturated heterocycles. The molecular formula is C19H30N2O5. The van der Waals surface area contributed by atoms with E-state index in [0.717, 1.165) is 25.9 Å². The van der Waals surface area contributed by atoms with Crippen molar-refractivity contribution in [2.24, 2.45) is 0 Å². The van der Waals surface area contributed by atoms with Crippen LogP contribution < -0.4 is 19.5 Å². The molecule has 7 nitrogen and oxygen atoms in total. The first kappa shape index (κ1) is 20.2. The maximum absolute atomic E-state index is 13.0. The Bertz CT molecular complexity index is 614. The third-order valence-corrected chi connectivity index (χ3v) is 5.03. The van der Waals surface area contributed by atoms with Gasteiger partial charge in [0.05, 0.1) is 21.3 Å². The predicted molar refractivity (Wildman–Crippen MR) is 99.7 cm³/mol. The second-order valence-corrected chi connectivity index (χ2v) is 6.29. The maximum atomic E-state index is 13.0. The number of hydrogen-bond acceptors (Lipinski definition) is 6. The van der Waals surface area contributed by atoms with Crippen molar-refractivity contribution in [3.8, 4) is 23.0 Å². The third kappa shape index (κ3) is 3.67. The number of carbonyl (C=O) groups is 1. The summed E-state index contributed by atoms with van der Waals surface area (Å²) < 4.78 is 16.1. The van der Waals surface area contributed by atoms with Gasteiger partial charge in [-0.05, 0) is 32.4 Å². The fourth-order valence-corrected chi connectivity index (χ4v) is 3.70. The average molecular weight is 366 g/mol. The Morgan fingerprint density at radius 3 is 2.35 bits per heavy atom. The first-order valence-electron chi connectivity index (χ1n) is 9.09. The summed E-state index contributed by atoms with van der Waals surface area (Å²) in [6, 6.07) is 0.339. The Balaban J connectivity index is 2.38. The van der Waals surface area contributed by atoms with Gasteiger partial charge in [0.25, 0.3) is 5.91 Å². The highest BCUT2D eigenvalue weighted by Crippen LogP contribution is 2.48. The fourth-order valence-electron chi connectivity index (χ4n) is 3.70. The van der Waals surface area contributed by atoms with Gasteiger partial charge in [0, 0.05) is 18.2 Å². The van der Waals surface area contributed by atoms with Crippen LogP contribution in [0.15, 0.2) is 0 Å². The fraction of sp³-hybridized carbons (Fsp3) is 0.632. The molecule has 0 saturated carbocycles. The van der Waals surface area contributed by atoms with Gasteiger partial charge in [-0.15, -0.1) is 0 Å². The van der Waals surface area contributed by atoms with Gasteiger partial charge in [-0.3, -0.25) is 9.69 Å². The summed E-state index contributed by atoms with van der Waals surface area (Å²) in [5, 5.41) is 13.5. The molecule has 0 spiro atoms. The topological polar surface area (TPSA) is 80.3 Å². The van der Waals surface area contributed by atoms with Crippen molar-refractivity contribution < 1.29 is 24.1 Å². The number of ether oxygens (including phenoxy) is 3. The maximum Gasteiger partial charge on any atom is 0.259 e. The van der Waals surface area contributed by atoms with E-state index in [9.17, 15) is 9.90 Å². The molecule has 26 heavy (non-hydrogen) atoms. The van der Waals surface area contributed by atoms with E-state index >= 15 is 0 Å². The standard InChI is InChI=1S/C19H30N2O5/c1-6-13-15(22)18(26-5)17(25-4)14(16(13)24-3)19(23)20-11-12-9-8-10-21(12)7-2/h12,22H,6-11H2,1-5H3,(H,20,23). The molecule has 1 atom stereocenters. The number of amides is 1.